The first-order chi connectivity index (χ1) is 10.1. The number of likely N-dealkylation sites (N-methyl/N-ethyl adjacent to an activating group) is 1. The number of nitrogens with one attached hydrogen (secondary N) is 1. The van der Waals surface area contributed by atoms with Gasteiger partial charge in [0.05, 0.1) is 0 Å². The summed E-state index contributed by atoms with van der Waals surface area (Å²) in [6.45, 7) is 2.90. The van der Waals surface area contributed by atoms with Crippen LogP contribution in [0.25, 0.3) is 0 Å². The van der Waals surface area contributed by atoms with E-state index in [1.165, 1.54) is 0 Å². The van der Waals surface area contributed by atoms with E-state index in [4.69, 9.17) is 4.74 Å². The Kier molecular flexibility index (Phi) is 5.20. The van der Waals surface area contributed by atoms with E-state index >= 15 is 0 Å². The number of unbranched alkanes of at least 4 members (excludes halogenated alkanes) is 1. The summed E-state index contributed by atoms with van der Waals surface area (Å²) >= 11 is 0. The second-order valence-electron chi connectivity index (χ2n) is 5.32. The molecule has 0 saturated heterocycles. The Morgan fingerprint density at radius 3 is 2.95 bits per heavy atom. The van der Waals surface area contributed by atoms with E-state index in [-0.39, 0.29) is 18.4 Å². The third kappa shape index (κ3) is 4.21. The van der Waals surface area contributed by atoms with Gasteiger partial charge in [-0.05, 0) is 36.6 Å². The molecule has 21 heavy (non-hydrogen) atoms. The van der Waals surface area contributed by atoms with Crippen molar-refractivity contribution in [2.45, 2.75) is 32.6 Å². The number of hydrogen-bond donors (Lipinski definition) is 1. The SMILES string of the molecule is CCCCN(C)C(=O)COc1ccc2c(c1)CCC(=O)N2. The summed E-state index contributed by atoms with van der Waals surface area (Å²) in [6, 6.07) is 5.50. The highest BCUT2D eigenvalue weighted by Crippen LogP contribution is 2.26. The van der Waals surface area contributed by atoms with Gasteiger partial charge < -0.3 is 15.0 Å². The van der Waals surface area contributed by atoms with Gasteiger partial charge in [-0.25, -0.2) is 0 Å². The molecule has 1 aromatic carbocycles. The number of nitrogens with zero attached hydrogens (tertiary/aromatic N) is 1. The first-order valence-corrected chi connectivity index (χ1v) is 7.39. The molecular weight excluding hydrogens is 268 g/mol. The minimum absolute atomic E-state index is 0.0190. The van der Waals surface area contributed by atoms with Crippen molar-refractivity contribution in [1.82, 2.24) is 4.90 Å². The maximum atomic E-state index is 11.9. The summed E-state index contributed by atoms with van der Waals surface area (Å²) in [5, 5.41) is 2.82. The molecule has 1 aliphatic rings. The maximum absolute atomic E-state index is 11.9. The van der Waals surface area contributed by atoms with Crippen molar-refractivity contribution in [3.05, 3.63) is 23.8 Å². The predicted octanol–water partition coefficient (Wildman–Crippen LogP) is 2.21. The predicted molar refractivity (Wildman–Crippen MR) is 81.4 cm³/mol. The van der Waals surface area contributed by atoms with Gasteiger partial charge in [-0.3, -0.25) is 9.59 Å². The first kappa shape index (κ1) is 15.4. The van der Waals surface area contributed by atoms with Crippen LogP contribution in [0.4, 0.5) is 5.69 Å². The Morgan fingerprint density at radius 2 is 2.19 bits per heavy atom. The van der Waals surface area contributed by atoms with E-state index in [1.807, 2.05) is 12.1 Å². The highest BCUT2D eigenvalue weighted by Gasteiger charge is 2.15. The normalized spacial score (nSPS) is 13.3. The van der Waals surface area contributed by atoms with E-state index < -0.39 is 0 Å². The largest absolute Gasteiger partial charge is 0.484 e. The zero-order valence-corrected chi connectivity index (χ0v) is 12.6. The topological polar surface area (TPSA) is 58.6 Å². The van der Waals surface area contributed by atoms with Gasteiger partial charge >= 0.3 is 0 Å². The van der Waals surface area contributed by atoms with Crippen LogP contribution in [0.3, 0.4) is 0 Å². The van der Waals surface area contributed by atoms with E-state index in [2.05, 4.69) is 12.2 Å². The lowest BCUT2D eigenvalue weighted by Crippen LogP contribution is -2.32. The molecule has 5 nitrogen and oxygen atoms in total. The fourth-order valence-electron chi connectivity index (χ4n) is 2.22. The number of aryl methyl sites for hydroxylation is 1. The Labute approximate surface area is 125 Å². The van der Waals surface area contributed by atoms with E-state index in [0.717, 1.165) is 30.6 Å². The molecule has 114 valence electrons. The lowest BCUT2D eigenvalue weighted by Gasteiger charge is -2.19. The van der Waals surface area contributed by atoms with Crippen LogP contribution in [0, 0.1) is 0 Å². The van der Waals surface area contributed by atoms with Crippen LogP contribution < -0.4 is 10.1 Å². The molecule has 0 saturated carbocycles. The van der Waals surface area contributed by atoms with Crippen LogP contribution >= 0.6 is 0 Å². The molecule has 0 fully saturated rings. The highest BCUT2D eigenvalue weighted by molar-refractivity contribution is 5.94. The zero-order valence-electron chi connectivity index (χ0n) is 12.6. The van der Waals surface area contributed by atoms with Crippen LogP contribution in [0.2, 0.25) is 0 Å². The Morgan fingerprint density at radius 1 is 1.38 bits per heavy atom. The minimum atomic E-state index is -0.0190. The quantitative estimate of drug-likeness (QED) is 0.874. The van der Waals surface area contributed by atoms with Crippen molar-refractivity contribution >= 4 is 17.5 Å². The monoisotopic (exact) mass is 290 g/mol. The summed E-state index contributed by atoms with van der Waals surface area (Å²) < 4.78 is 5.56. The Bertz CT molecular complexity index is 528. The van der Waals surface area contributed by atoms with Crippen LogP contribution in [0.5, 0.6) is 5.75 Å². The van der Waals surface area contributed by atoms with Gasteiger partial charge in [0.2, 0.25) is 5.91 Å². The summed E-state index contributed by atoms with van der Waals surface area (Å²) in [7, 11) is 1.80. The second-order valence-corrected chi connectivity index (χ2v) is 5.32. The van der Waals surface area contributed by atoms with E-state index in [9.17, 15) is 9.59 Å². The lowest BCUT2D eigenvalue weighted by atomic mass is 10.0. The molecule has 5 heteroatoms. The van der Waals surface area contributed by atoms with Crippen LogP contribution in [-0.4, -0.2) is 36.9 Å². The molecule has 0 atom stereocenters. The number of amides is 2. The number of fused-ring (bicyclic) bond motifs is 1. The standard InChI is InChI=1S/C16H22N2O3/c1-3-4-9-18(2)16(20)11-21-13-6-7-14-12(10-13)5-8-15(19)17-14/h6-7,10H,3-5,8-9,11H2,1-2H3,(H,17,19). The average Bonchev–Trinajstić information content (AvgIpc) is 2.50. The number of hydrogen-bond acceptors (Lipinski definition) is 3. The molecule has 2 amide bonds. The minimum Gasteiger partial charge on any atom is -0.484 e. The highest BCUT2D eigenvalue weighted by atomic mass is 16.5. The molecule has 0 spiro atoms. The van der Waals surface area contributed by atoms with Gasteiger partial charge in [0, 0.05) is 25.7 Å². The second kappa shape index (κ2) is 7.11. The first-order valence-electron chi connectivity index (χ1n) is 7.39. The number of ether oxygens (including phenoxy) is 1. The van der Waals surface area contributed by atoms with Crippen molar-refractivity contribution in [1.29, 1.82) is 0 Å². The van der Waals surface area contributed by atoms with E-state index in [1.54, 1.807) is 18.0 Å². The Balaban J connectivity index is 1.89. The molecule has 2 rings (SSSR count). The molecular formula is C16H22N2O3. The van der Waals surface area contributed by atoms with Crippen LogP contribution in [0.1, 0.15) is 31.7 Å². The maximum Gasteiger partial charge on any atom is 0.260 e. The lowest BCUT2D eigenvalue weighted by molar-refractivity contribution is -0.132. The smallest absolute Gasteiger partial charge is 0.260 e. The number of anilines is 1. The molecule has 1 aromatic rings. The van der Waals surface area contributed by atoms with Gasteiger partial charge in [0.15, 0.2) is 6.61 Å². The number of benzene rings is 1. The average molecular weight is 290 g/mol. The molecule has 0 aromatic heterocycles. The van der Waals surface area contributed by atoms with Crippen molar-refractivity contribution < 1.29 is 14.3 Å². The summed E-state index contributed by atoms with van der Waals surface area (Å²) in [4.78, 5) is 24.9. The van der Waals surface area contributed by atoms with Crippen molar-refractivity contribution in [3.63, 3.8) is 0 Å². The summed E-state index contributed by atoms with van der Waals surface area (Å²) in [5.41, 5.74) is 1.89. The molecule has 0 aliphatic carbocycles. The van der Waals surface area contributed by atoms with Crippen molar-refractivity contribution in [3.8, 4) is 5.75 Å². The fourth-order valence-corrected chi connectivity index (χ4v) is 2.22. The zero-order chi connectivity index (χ0) is 15.2. The van der Waals surface area contributed by atoms with Gasteiger partial charge in [-0.2, -0.15) is 0 Å². The van der Waals surface area contributed by atoms with Crippen LogP contribution in [0.15, 0.2) is 18.2 Å². The summed E-state index contributed by atoms with van der Waals surface area (Å²) in [6.07, 6.45) is 3.27. The Hall–Kier alpha value is -2.04. The molecule has 0 bridgehead atoms. The number of carbonyl (C=O) groups excluding carboxylic acids is 2. The molecule has 0 unspecified atom stereocenters. The van der Waals surface area contributed by atoms with Crippen molar-refractivity contribution in [2.24, 2.45) is 0 Å². The number of rotatable bonds is 6. The fraction of sp³-hybridized carbons (Fsp3) is 0.500. The molecule has 1 N–H and O–H groups in total. The number of carbonyl (C=O) groups is 2. The van der Waals surface area contributed by atoms with E-state index in [0.29, 0.717) is 18.6 Å². The molecule has 1 heterocycles. The van der Waals surface area contributed by atoms with Gasteiger partial charge in [-0.15, -0.1) is 0 Å². The van der Waals surface area contributed by atoms with Gasteiger partial charge in [0.1, 0.15) is 5.75 Å². The van der Waals surface area contributed by atoms with Crippen LogP contribution in [-0.2, 0) is 16.0 Å². The third-order valence-electron chi connectivity index (χ3n) is 3.61. The third-order valence-corrected chi connectivity index (χ3v) is 3.61. The summed E-state index contributed by atoms with van der Waals surface area (Å²) in [5.74, 6) is 0.695. The van der Waals surface area contributed by atoms with Gasteiger partial charge in [-0.1, -0.05) is 13.3 Å². The molecule has 1 aliphatic heterocycles. The molecule has 0 radical (unpaired) electrons. The van der Waals surface area contributed by atoms with Crippen molar-refractivity contribution in [2.75, 3.05) is 25.5 Å². The van der Waals surface area contributed by atoms with Gasteiger partial charge in [0.25, 0.3) is 5.91 Å².